The fourth-order valence-electron chi connectivity index (χ4n) is 2.55. The zero-order valence-corrected chi connectivity index (χ0v) is 15.3. The summed E-state index contributed by atoms with van der Waals surface area (Å²) in [5, 5.41) is 0.301. The van der Waals surface area contributed by atoms with Crippen LogP contribution in [0.15, 0.2) is 58.2 Å². The lowest BCUT2D eigenvalue weighted by atomic mass is 10.1. The molecule has 0 aliphatic heterocycles. The molecule has 1 amide bonds. The molecule has 0 saturated heterocycles. The molecule has 0 saturated carbocycles. The first-order valence-electron chi connectivity index (χ1n) is 7.84. The van der Waals surface area contributed by atoms with Crippen LogP contribution < -0.4 is 10.3 Å². The van der Waals surface area contributed by atoms with E-state index in [9.17, 15) is 22.4 Å². The zero-order valence-electron chi connectivity index (χ0n) is 14.5. The van der Waals surface area contributed by atoms with E-state index in [-0.39, 0.29) is 16.1 Å². The van der Waals surface area contributed by atoms with Gasteiger partial charge in [-0.1, -0.05) is 0 Å². The van der Waals surface area contributed by atoms with E-state index in [0.29, 0.717) is 10.9 Å². The number of aromatic amines is 1. The number of hydrogen-bond acceptors (Lipinski definition) is 4. The number of aromatic nitrogens is 1. The van der Waals surface area contributed by atoms with Crippen LogP contribution in [0.25, 0.3) is 10.9 Å². The molecule has 9 heteroatoms. The Morgan fingerprint density at radius 2 is 1.74 bits per heavy atom. The highest BCUT2D eigenvalue weighted by atomic mass is 32.2. The summed E-state index contributed by atoms with van der Waals surface area (Å²) in [5.74, 6) is -0.911. The summed E-state index contributed by atoms with van der Waals surface area (Å²) in [6.07, 6.45) is 0. The Kier molecular flexibility index (Phi) is 4.71. The van der Waals surface area contributed by atoms with E-state index in [2.05, 4.69) is 9.71 Å². The molecule has 0 fully saturated rings. The van der Waals surface area contributed by atoms with Gasteiger partial charge in [-0.25, -0.2) is 12.8 Å². The second-order valence-corrected chi connectivity index (χ2v) is 7.75. The fourth-order valence-corrected chi connectivity index (χ4v) is 3.63. The normalized spacial score (nSPS) is 11.4. The SMILES string of the molecule is CN(C)C(=O)c1cc(=O)[nH]c2ccc(S(=O)(=O)Nc3ccc(F)cc3)cc12. The third-order valence-electron chi connectivity index (χ3n) is 3.86. The van der Waals surface area contributed by atoms with Crippen LogP contribution in [0.2, 0.25) is 0 Å². The molecule has 0 aliphatic rings. The van der Waals surface area contributed by atoms with E-state index in [1.165, 1.54) is 49.3 Å². The van der Waals surface area contributed by atoms with Gasteiger partial charge in [0.1, 0.15) is 5.82 Å². The Labute approximate surface area is 154 Å². The summed E-state index contributed by atoms with van der Waals surface area (Å²) < 4.78 is 40.6. The molecule has 140 valence electrons. The molecule has 0 spiro atoms. The highest BCUT2D eigenvalue weighted by Crippen LogP contribution is 2.23. The molecule has 0 radical (unpaired) electrons. The number of anilines is 1. The molecule has 0 aliphatic carbocycles. The Morgan fingerprint density at radius 3 is 2.37 bits per heavy atom. The standard InChI is InChI=1S/C18H16FN3O4S/c1-22(2)18(24)15-10-17(23)20-16-8-7-13(9-14(15)16)27(25,26)21-12-5-3-11(19)4-6-12/h3-10,21H,1-2H3,(H,20,23). The van der Waals surface area contributed by atoms with Crippen LogP contribution in [0, 0.1) is 5.82 Å². The van der Waals surface area contributed by atoms with Crippen molar-refractivity contribution in [3.05, 3.63) is 70.3 Å². The van der Waals surface area contributed by atoms with Crippen molar-refractivity contribution in [2.45, 2.75) is 4.90 Å². The van der Waals surface area contributed by atoms with Gasteiger partial charge in [0.25, 0.3) is 15.9 Å². The van der Waals surface area contributed by atoms with Crippen LogP contribution in [0.5, 0.6) is 0 Å². The van der Waals surface area contributed by atoms with Gasteiger partial charge in [-0.2, -0.15) is 0 Å². The number of rotatable bonds is 4. The van der Waals surface area contributed by atoms with Crippen molar-refractivity contribution in [3.63, 3.8) is 0 Å². The number of sulfonamides is 1. The van der Waals surface area contributed by atoms with Gasteiger partial charge in [0.05, 0.1) is 10.5 Å². The topological polar surface area (TPSA) is 99.3 Å². The van der Waals surface area contributed by atoms with Crippen LogP contribution >= 0.6 is 0 Å². The predicted molar refractivity (Wildman–Crippen MR) is 99.8 cm³/mol. The fraction of sp³-hybridized carbons (Fsp3) is 0.111. The van der Waals surface area contributed by atoms with Crippen molar-refractivity contribution in [3.8, 4) is 0 Å². The highest BCUT2D eigenvalue weighted by molar-refractivity contribution is 7.92. The van der Waals surface area contributed by atoms with E-state index in [0.717, 1.165) is 18.2 Å². The van der Waals surface area contributed by atoms with E-state index in [4.69, 9.17) is 0 Å². The Bertz CT molecular complexity index is 1190. The minimum Gasteiger partial charge on any atom is -0.345 e. The maximum absolute atomic E-state index is 13.0. The first-order chi connectivity index (χ1) is 12.7. The van der Waals surface area contributed by atoms with E-state index in [1.54, 1.807) is 0 Å². The van der Waals surface area contributed by atoms with Crippen molar-refractivity contribution in [1.82, 2.24) is 9.88 Å². The molecule has 2 aromatic carbocycles. The van der Waals surface area contributed by atoms with Crippen LogP contribution in [0.4, 0.5) is 10.1 Å². The third-order valence-corrected chi connectivity index (χ3v) is 5.24. The number of carbonyl (C=O) groups excluding carboxylic acids is 1. The second kappa shape index (κ2) is 6.84. The molecular formula is C18H16FN3O4S. The Balaban J connectivity index is 2.11. The van der Waals surface area contributed by atoms with E-state index < -0.39 is 27.3 Å². The smallest absolute Gasteiger partial charge is 0.261 e. The number of nitrogens with one attached hydrogen (secondary N) is 2. The third kappa shape index (κ3) is 3.82. The van der Waals surface area contributed by atoms with Crippen LogP contribution in [0.1, 0.15) is 10.4 Å². The number of hydrogen-bond donors (Lipinski definition) is 2. The van der Waals surface area contributed by atoms with Gasteiger partial charge in [-0.3, -0.25) is 14.3 Å². The maximum atomic E-state index is 13.0. The first kappa shape index (κ1) is 18.6. The molecule has 0 bridgehead atoms. The monoisotopic (exact) mass is 389 g/mol. The molecule has 3 rings (SSSR count). The lowest BCUT2D eigenvalue weighted by molar-refractivity contribution is 0.0829. The molecular weight excluding hydrogens is 373 g/mol. The van der Waals surface area contributed by atoms with Gasteiger partial charge in [0, 0.05) is 36.8 Å². The summed E-state index contributed by atoms with van der Waals surface area (Å²) in [5.41, 5.74) is 0.168. The van der Waals surface area contributed by atoms with Gasteiger partial charge >= 0.3 is 0 Å². The molecule has 1 heterocycles. The number of halogens is 1. The number of nitrogens with zero attached hydrogens (tertiary/aromatic N) is 1. The van der Waals surface area contributed by atoms with Gasteiger partial charge in [-0.15, -0.1) is 0 Å². The molecule has 3 aromatic rings. The molecule has 0 unspecified atom stereocenters. The largest absolute Gasteiger partial charge is 0.345 e. The van der Waals surface area contributed by atoms with Crippen molar-refractivity contribution in [2.24, 2.45) is 0 Å². The molecule has 1 aromatic heterocycles. The molecule has 0 atom stereocenters. The lowest BCUT2D eigenvalue weighted by Gasteiger charge is -2.13. The van der Waals surface area contributed by atoms with Gasteiger partial charge in [0.2, 0.25) is 5.56 Å². The quantitative estimate of drug-likeness (QED) is 0.714. The first-order valence-corrected chi connectivity index (χ1v) is 9.33. The van der Waals surface area contributed by atoms with Crippen molar-refractivity contribution < 1.29 is 17.6 Å². The van der Waals surface area contributed by atoms with Gasteiger partial charge in [-0.05, 0) is 42.5 Å². The summed E-state index contributed by atoms with van der Waals surface area (Å²) in [6.45, 7) is 0. The average molecular weight is 389 g/mol. The van der Waals surface area contributed by atoms with E-state index >= 15 is 0 Å². The number of pyridine rings is 1. The summed E-state index contributed by atoms with van der Waals surface area (Å²) in [7, 11) is -0.912. The summed E-state index contributed by atoms with van der Waals surface area (Å²) in [4.78, 5) is 27.9. The predicted octanol–water partition coefficient (Wildman–Crippen LogP) is 2.17. The molecule has 27 heavy (non-hydrogen) atoms. The number of benzene rings is 2. The van der Waals surface area contributed by atoms with Crippen LogP contribution in [-0.2, 0) is 10.0 Å². The molecule has 7 nitrogen and oxygen atoms in total. The number of amides is 1. The van der Waals surface area contributed by atoms with Gasteiger partial charge < -0.3 is 9.88 Å². The number of carbonyl (C=O) groups is 1. The van der Waals surface area contributed by atoms with Crippen molar-refractivity contribution in [1.29, 1.82) is 0 Å². The van der Waals surface area contributed by atoms with E-state index in [1.807, 2.05) is 0 Å². The van der Waals surface area contributed by atoms with Crippen LogP contribution in [-0.4, -0.2) is 38.3 Å². The lowest BCUT2D eigenvalue weighted by Crippen LogP contribution is -2.24. The minimum absolute atomic E-state index is 0.0950. The zero-order chi connectivity index (χ0) is 19.8. The summed E-state index contributed by atoms with van der Waals surface area (Å²) in [6, 6.07) is 10.0. The van der Waals surface area contributed by atoms with Crippen molar-refractivity contribution >= 4 is 32.5 Å². The Morgan fingerprint density at radius 1 is 1.07 bits per heavy atom. The van der Waals surface area contributed by atoms with Crippen LogP contribution in [0.3, 0.4) is 0 Å². The van der Waals surface area contributed by atoms with Crippen molar-refractivity contribution in [2.75, 3.05) is 18.8 Å². The highest BCUT2D eigenvalue weighted by Gasteiger charge is 2.19. The van der Waals surface area contributed by atoms with Gasteiger partial charge in [0.15, 0.2) is 0 Å². The number of fused-ring (bicyclic) bond motifs is 1. The average Bonchev–Trinajstić information content (AvgIpc) is 2.61. The molecule has 2 N–H and O–H groups in total. The second-order valence-electron chi connectivity index (χ2n) is 6.07. The minimum atomic E-state index is -3.98. The summed E-state index contributed by atoms with van der Waals surface area (Å²) >= 11 is 0. The number of H-pyrrole nitrogens is 1. The Hall–Kier alpha value is -3.20. The maximum Gasteiger partial charge on any atom is 0.261 e.